The molecule has 1 heterocycles. The third-order valence-corrected chi connectivity index (χ3v) is 3.15. The molecule has 0 radical (unpaired) electrons. The van der Waals surface area contributed by atoms with E-state index in [4.69, 9.17) is 10.8 Å². The Labute approximate surface area is 97.9 Å². The van der Waals surface area contributed by atoms with Crippen molar-refractivity contribution in [3.05, 3.63) is 21.6 Å². The van der Waals surface area contributed by atoms with Gasteiger partial charge in [-0.1, -0.05) is 6.42 Å². The molecule has 1 saturated carbocycles. The fourth-order valence-electron chi connectivity index (χ4n) is 2.03. The van der Waals surface area contributed by atoms with Crippen LogP contribution in [0.15, 0.2) is 4.79 Å². The highest BCUT2D eigenvalue weighted by Gasteiger charge is 2.25. The van der Waals surface area contributed by atoms with Crippen LogP contribution in [0.1, 0.15) is 42.9 Å². The average molecular weight is 237 g/mol. The lowest BCUT2D eigenvalue weighted by atomic mass is 9.80. The van der Waals surface area contributed by atoms with E-state index in [1.807, 2.05) is 0 Å². The van der Waals surface area contributed by atoms with E-state index in [1.54, 1.807) is 0 Å². The molecule has 0 bridgehead atoms. The van der Waals surface area contributed by atoms with Crippen LogP contribution >= 0.6 is 0 Å². The van der Waals surface area contributed by atoms with E-state index >= 15 is 0 Å². The molecule has 0 spiro atoms. The highest BCUT2D eigenvalue weighted by Crippen LogP contribution is 2.36. The zero-order valence-corrected chi connectivity index (χ0v) is 9.40. The number of nitrogens with zero attached hydrogens (tertiary/aromatic N) is 1. The summed E-state index contributed by atoms with van der Waals surface area (Å²) in [6.07, 6.45) is 3.27. The third-order valence-electron chi connectivity index (χ3n) is 3.15. The van der Waals surface area contributed by atoms with E-state index in [0.29, 0.717) is 11.3 Å². The molecule has 6 heteroatoms. The van der Waals surface area contributed by atoms with Crippen molar-refractivity contribution < 1.29 is 9.90 Å². The molecule has 2 rings (SSSR count). The number of aromatic nitrogens is 2. The number of rotatable bonds is 4. The van der Waals surface area contributed by atoms with Gasteiger partial charge < -0.3 is 10.8 Å². The second-order valence-corrected chi connectivity index (χ2v) is 4.34. The molecule has 0 unspecified atom stereocenters. The summed E-state index contributed by atoms with van der Waals surface area (Å²) < 4.78 is 0. The number of nitrogens with one attached hydrogen (secondary N) is 1. The number of carboxylic acids is 1. The van der Waals surface area contributed by atoms with Crippen molar-refractivity contribution in [3.8, 4) is 0 Å². The van der Waals surface area contributed by atoms with Gasteiger partial charge in [0.25, 0.3) is 5.56 Å². The molecule has 17 heavy (non-hydrogen) atoms. The summed E-state index contributed by atoms with van der Waals surface area (Å²) in [5.74, 6) is -0.542. The molecule has 1 aromatic rings. The number of anilines is 1. The summed E-state index contributed by atoms with van der Waals surface area (Å²) >= 11 is 0. The van der Waals surface area contributed by atoms with Crippen LogP contribution in [0.5, 0.6) is 0 Å². The van der Waals surface area contributed by atoms with Crippen LogP contribution in [0.25, 0.3) is 0 Å². The highest BCUT2D eigenvalue weighted by atomic mass is 16.4. The van der Waals surface area contributed by atoms with Gasteiger partial charge in [0.2, 0.25) is 5.95 Å². The molecular formula is C11H15N3O3. The van der Waals surface area contributed by atoms with E-state index in [1.165, 1.54) is 0 Å². The second kappa shape index (κ2) is 4.57. The van der Waals surface area contributed by atoms with E-state index in [2.05, 4.69) is 9.97 Å². The van der Waals surface area contributed by atoms with Gasteiger partial charge in [0.05, 0.1) is 5.69 Å². The summed E-state index contributed by atoms with van der Waals surface area (Å²) in [6, 6.07) is 0. The first-order valence-electron chi connectivity index (χ1n) is 5.68. The minimum Gasteiger partial charge on any atom is -0.481 e. The molecule has 1 aliphatic rings. The summed E-state index contributed by atoms with van der Waals surface area (Å²) in [5, 5.41) is 8.66. The quantitative estimate of drug-likeness (QED) is 0.711. The van der Waals surface area contributed by atoms with Gasteiger partial charge in [-0.05, 0) is 19.3 Å². The largest absolute Gasteiger partial charge is 0.481 e. The van der Waals surface area contributed by atoms with E-state index in [-0.39, 0.29) is 30.3 Å². The van der Waals surface area contributed by atoms with Crippen LogP contribution in [0.4, 0.5) is 5.95 Å². The summed E-state index contributed by atoms with van der Waals surface area (Å²) in [7, 11) is 0. The molecule has 6 nitrogen and oxygen atoms in total. The molecule has 0 aliphatic heterocycles. The van der Waals surface area contributed by atoms with Crippen molar-refractivity contribution in [1.29, 1.82) is 0 Å². The lowest BCUT2D eigenvalue weighted by molar-refractivity contribution is -0.136. The Hall–Kier alpha value is -1.85. The van der Waals surface area contributed by atoms with Crippen molar-refractivity contribution in [3.63, 3.8) is 0 Å². The second-order valence-electron chi connectivity index (χ2n) is 4.34. The van der Waals surface area contributed by atoms with Crippen molar-refractivity contribution in [2.45, 2.75) is 38.0 Å². The number of aromatic amines is 1. The van der Waals surface area contributed by atoms with Gasteiger partial charge in [-0.15, -0.1) is 0 Å². The minimum atomic E-state index is -0.916. The summed E-state index contributed by atoms with van der Waals surface area (Å²) in [5.41, 5.74) is 6.38. The maximum absolute atomic E-state index is 11.7. The van der Waals surface area contributed by atoms with Crippen LogP contribution in [0, 0.1) is 0 Å². The molecule has 0 aromatic carbocycles. The Morgan fingerprint density at radius 1 is 1.53 bits per heavy atom. The van der Waals surface area contributed by atoms with Crippen molar-refractivity contribution >= 4 is 11.9 Å². The summed E-state index contributed by atoms with van der Waals surface area (Å²) in [4.78, 5) is 28.9. The highest BCUT2D eigenvalue weighted by molar-refractivity contribution is 5.67. The van der Waals surface area contributed by atoms with Crippen LogP contribution in [0.3, 0.4) is 0 Å². The van der Waals surface area contributed by atoms with Crippen molar-refractivity contribution in [2.24, 2.45) is 0 Å². The standard InChI is InChI=1S/C11H15N3O3/c12-11-13-9(6-2-1-3-6)7(10(17)14-11)4-5-8(15)16/h6H,1-5H2,(H,15,16)(H3,12,13,14,17). The smallest absolute Gasteiger partial charge is 0.303 e. The van der Waals surface area contributed by atoms with E-state index in [9.17, 15) is 9.59 Å². The van der Waals surface area contributed by atoms with Crippen LogP contribution in [-0.2, 0) is 11.2 Å². The molecule has 1 fully saturated rings. The Bertz CT molecular complexity index is 491. The molecule has 1 aliphatic carbocycles. The maximum Gasteiger partial charge on any atom is 0.303 e. The molecule has 1 aromatic heterocycles. The fourth-order valence-corrected chi connectivity index (χ4v) is 2.03. The topological polar surface area (TPSA) is 109 Å². The molecule has 0 saturated heterocycles. The number of nitrogen functional groups attached to an aromatic ring is 1. The predicted octanol–water partition coefficient (Wildman–Crippen LogP) is 0.637. The zero-order chi connectivity index (χ0) is 12.4. The van der Waals surface area contributed by atoms with Gasteiger partial charge in [-0.2, -0.15) is 0 Å². The monoisotopic (exact) mass is 237 g/mol. The SMILES string of the molecule is Nc1nc(C2CCC2)c(CCC(=O)O)c(=O)[nH]1. The molecule has 0 atom stereocenters. The first kappa shape index (κ1) is 11.6. The van der Waals surface area contributed by atoms with Gasteiger partial charge in [0.1, 0.15) is 0 Å². The minimum absolute atomic E-state index is 0.0611. The number of hydrogen-bond donors (Lipinski definition) is 3. The normalized spacial score (nSPS) is 15.5. The predicted molar refractivity (Wildman–Crippen MR) is 61.8 cm³/mol. The Kier molecular flexibility index (Phi) is 3.12. The van der Waals surface area contributed by atoms with Gasteiger partial charge in [-0.25, -0.2) is 4.98 Å². The van der Waals surface area contributed by atoms with Crippen LogP contribution in [0.2, 0.25) is 0 Å². The lowest BCUT2D eigenvalue weighted by Crippen LogP contribution is -2.24. The number of carboxylic acid groups (broad SMARTS) is 1. The number of nitrogens with two attached hydrogens (primary N) is 1. The number of carbonyl (C=O) groups is 1. The first-order valence-corrected chi connectivity index (χ1v) is 5.68. The van der Waals surface area contributed by atoms with E-state index < -0.39 is 5.97 Å². The third kappa shape index (κ3) is 2.46. The molecule has 0 amide bonds. The first-order chi connectivity index (χ1) is 8.08. The Balaban J connectivity index is 2.33. The molecular weight excluding hydrogens is 222 g/mol. The van der Waals surface area contributed by atoms with Crippen molar-refractivity contribution in [2.75, 3.05) is 5.73 Å². The Morgan fingerprint density at radius 2 is 2.24 bits per heavy atom. The molecule has 92 valence electrons. The van der Waals surface area contributed by atoms with Gasteiger partial charge >= 0.3 is 5.97 Å². The number of hydrogen-bond acceptors (Lipinski definition) is 4. The molecule has 4 N–H and O–H groups in total. The van der Waals surface area contributed by atoms with Gasteiger partial charge in [0, 0.05) is 17.9 Å². The van der Waals surface area contributed by atoms with Crippen LogP contribution in [-0.4, -0.2) is 21.0 Å². The fraction of sp³-hybridized carbons (Fsp3) is 0.545. The zero-order valence-electron chi connectivity index (χ0n) is 9.40. The van der Waals surface area contributed by atoms with E-state index in [0.717, 1.165) is 19.3 Å². The van der Waals surface area contributed by atoms with Gasteiger partial charge in [0.15, 0.2) is 0 Å². The number of H-pyrrole nitrogens is 1. The Morgan fingerprint density at radius 3 is 2.76 bits per heavy atom. The number of aliphatic carboxylic acids is 1. The average Bonchev–Trinajstić information content (AvgIpc) is 2.12. The lowest BCUT2D eigenvalue weighted by Gasteiger charge is -2.26. The maximum atomic E-state index is 11.7. The summed E-state index contributed by atoms with van der Waals surface area (Å²) in [6.45, 7) is 0. The van der Waals surface area contributed by atoms with Gasteiger partial charge in [-0.3, -0.25) is 14.6 Å². The van der Waals surface area contributed by atoms with Crippen LogP contribution < -0.4 is 11.3 Å². The van der Waals surface area contributed by atoms with Crippen molar-refractivity contribution in [1.82, 2.24) is 9.97 Å².